The number of carbonyl (C=O) groups excluding carboxylic acids is 2. The molecule has 0 radical (unpaired) electrons. The molecule has 0 aromatic heterocycles. The van der Waals surface area contributed by atoms with Gasteiger partial charge in [0.1, 0.15) is 0 Å². The summed E-state index contributed by atoms with van der Waals surface area (Å²) in [5, 5.41) is 0. The van der Waals surface area contributed by atoms with Crippen LogP contribution < -0.4 is 0 Å². The first-order chi connectivity index (χ1) is 12.8. The first-order valence-electron chi connectivity index (χ1n) is 10.1. The quantitative estimate of drug-likeness (QED) is 0.461. The third-order valence-corrected chi connectivity index (χ3v) is 4.44. The molecule has 0 saturated heterocycles. The highest BCUT2D eigenvalue weighted by molar-refractivity contribution is 5.73. The summed E-state index contributed by atoms with van der Waals surface area (Å²) in [7, 11) is 0. The van der Waals surface area contributed by atoms with Crippen molar-refractivity contribution in [2.24, 2.45) is 17.8 Å². The van der Waals surface area contributed by atoms with Gasteiger partial charge in [-0.25, -0.2) is 0 Å². The van der Waals surface area contributed by atoms with Crippen LogP contribution in [0.3, 0.4) is 0 Å². The Morgan fingerprint density at radius 2 is 1.26 bits per heavy atom. The van der Waals surface area contributed by atoms with Gasteiger partial charge in [-0.3, -0.25) is 9.59 Å². The SMILES string of the molecule is CC(C)COC(=O)CC(CCC(C)c1ccccc1)CC(=O)OCC(C)C. The minimum atomic E-state index is -0.224. The van der Waals surface area contributed by atoms with Gasteiger partial charge in [0.2, 0.25) is 0 Å². The zero-order valence-corrected chi connectivity index (χ0v) is 17.6. The molecule has 4 heteroatoms. The Morgan fingerprint density at radius 1 is 0.778 bits per heavy atom. The van der Waals surface area contributed by atoms with Crippen LogP contribution in [0, 0.1) is 17.8 Å². The summed E-state index contributed by atoms with van der Waals surface area (Å²) in [5.41, 5.74) is 1.28. The maximum Gasteiger partial charge on any atom is 0.306 e. The minimum absolute atomic E-state index is 0.0458. The molecule has 0 aliphatic rings. The predicted molar refractivity (Wildman–Crippen MR) is 108 cm³/mol. The van der Waals surface area contributed by atoms with Crippen molar-refractivity contribution in [3.8, 4) is 0 Å². The standard InChI is InChI=1S/C23H36O4/c1-17(2)15-26-22(24)13-20(14-23(25)27-16-18(3)4)12-11-19(5)21-9-7-6-8-10-21/h6-10,17-20H,11-16H2,1-5H3. The Labute approximate surface area is 164 Å². The summed E-state index contributed by atoms with van der Waals surface area (Å²) in [6, 6.07) is 10.3. The normalized spacial score (nSPS) is 12.4. The fraction of sp³-hybridized carbons (Fsp3) is 0.652. The van der Waals surface area contributed by atoms with Crippen molar-refractivity contribution < 1.29 is 19.1 Å². The smallest absolute Gasteiger partial charge is 0.306 e. The number of benzene rings is 1. The van der Waals surface area contributed by atoms with Crippen LogP contribution in [0.1, 0.15) is 71.8 Å². The van der Waals surface area contributed by atoms with Crippen LogP contribution in [0.25, 0.3) is 0 Å². The Bertz CT molecular complexity index is 525. The monoisotopic (exact) mass is 376 g/mol. The van der Waals surface area contributed by atoms with E-state index in [1.165, 1.54) is 5.56 Å². The van der Waals surface area contributed by atoms with E-state index in [1.54, 1.807) is 0 Å². The van der Waals surface area contributed by atoms with Crippen LogP contribution in [0.5, 0.6) is 0 Å². The van der Waals surface area contributed by atoms with Crippen molar-refractivity contribution in [3.05, 3.63) is 35.9 Å². The average molecular weight is 377 g/mol. The highest BCUT2D eigenvalue weighted by atomic mass is 16.5. The van der Waals surface area contributed by atoms with E-state index in [-0.39, 0.29) is 30.7 Å². The Morgan fingerprint density at radius 3 is 1.70 bits per heavy atom. The molecule has 0 N–H and O–H groups in total. The van der Waals surface area contributed by atoms with Gasteiger partial charge in [0.05, 0.1) is 13.2 Å². The lowest BCUT2D eigenvalue weighted by Crippen LogP contribution is -2.19. The van der Waals surface area contributed by atoms with Crippen LogP contribution in [0.15, 0.2) is 30.3 Å². The second-order valence-electron chi connectivity index (χ2n) is 8.32. The van der Waals surface area contributed by atoms with E-state index in [2.05, 4.69) is 19.1 Å². The topological polar surface area (TPSA) is 52.6 Å². The van der Waals surface area contributed by atoms with E-state index in [9.17, 15) is 9.59 Å². The van der Waals surface area contributed by atoms with E-state index in [0.29, 0.717) is 31.0 Å². The number of carbonyl (C=O) groups is 2. The zero-order chi connectivity index (χ0) is 20.2. The number of rotatable bonds is 12. The second-order valence-corrected chi connectivity index (χ2v) is 8.32. The summed E-state index contributed by atoms with van der Waals surface area (Å²) >= 11 is 0. The molecule has 27 heavy (non-hydrogen) atoms. The number of ether oxygens (including phenoxy) is 2. The molecule has 1 rings (SSSR count). The molecule has 1 aromatic rings. The molecule has 0 bridgehead atoms. The van der Waals surface area contributed by atoms with Crippen LogP contribution in [0.2, 0.25) is 0 Å². The van der Waals surface area contributed by atoms with Gasteiger partial charge in [0.25, 0.3) is 0 Å². The van der Waals surface area contributed by atoms with E-state index in [0.717, 1.165) is 12.8 Å². The van der Waals surface area contributed by atoms with Gasteiger partial charge in [-0.05, 0) is 42.1 Å². The van der Waals surface area contributed by atoms with Crippen molar-refractivity contribution in [1.29, 1.82) is 0 Å². The maximum absolute atomic E-state index is 12.1. The number of hydrogen-bond acceptors (Lipinski definition) is 4. The van der Waals surface area contributed by atoms with Crippen molar-refractivity contribution in [1.82, 2.24) is 0 Å². The molecular formula is C23H36O4. The molecule has 0 aliphatic heterocycles. The molecule has 1 atom stereocenters. The maximum atomic E-state index is 12.1. The zero-order valence-electron chi connectivity index (χ0n) is 17.6. The van der Waals surface area contributed by atoms with E-state index >= 15 is 0 Å². The van der Waals surface area contributed by atoms with E-state index < -0.39 is 0 Å². The third kappa shape index (κ3) is 10.8. The van der Waals surface area contributed by atoms with E-state index in [4.69, 9.17) is 9.47 Å². The predicted octanol–water partition coefficient (Wildman–Crippen LogP) is 5.37. The minimum Gasteiger partial charge on any atom is -0.465 e. The fourth-order valence-electron chi connectivity index (χ4n) is 2.82. The fourth-order valence-corrected chi connectivity index (χ4v) is 2.82. The highest BCUT2D eigenvalue weighted by Gasteiger charge is 2.21. The van der Waals surface area contributed by atoms with Crippen LogP contribution in [0.4, 0.5) is 0 Å². The first-order valence-corrected chi connectivity index (χ1v) is 10.1. The average Bonchev–Trinajstić information content (AvgIpc) is 2.63. The highest BCUT2D eigenvalue weighted by Crippen LogP contribution is 2.26. The molecule has 1 unspecified atom stereocenters. The largest absolute Gasteiger partial charge is 0.465 e. The molecule has 0 amide bonds. The Kier molecular flexibility index (Phi) is 10.8. The Balaban J connectivity index is 2.60. The van der Waals surface area contributed by atoms with Gasteiger partial charge in [0, 0.05) is 12.8 Å². The lowest BCUT2D eigenvalue weighted by molar-refractivity contribution is -0.148. The van der Waals surface area contributed by atoms with Crippen molar-refractivity contribution >= 4 is 11.9 Å². The number of hydrogen-bond donors (Lipinski definition) is 0. The van der Waals surface area contributed by atoms with Gasteiger partial charge in [-0.2, -0.15) is 0 Å². The van der Waals surface area contributed by atoms with E-state index in [1.807, 2.05) is 45.9 Å². The molecule has 4 nitrogen and oxygen atoms in total. The summed E-state index contributed by atoms with van der Waals surface area (Å²) in [6.45, 7) is 11.1. The summed E-state index contributed by atoms with van der Waals surface area (Å²) < 4.78 is 10.6. The van der Waals surface area contributed by atoms with Crippen molar-refractivity contribution in [2.45, 2.75) is 66.2 Å². The molecule has 152 valence electrons. The third-order valence-electron chi connectivity index (χ3n) is 4.44. The molecule has 0 heterocycles. The molecule has 0 spiro atoms. The van der Waals surface area contributed by atoms with Crippen LogP contribution in [-0.2, 0) is 19.1 Å². The van der Waals surface area contributed by atoms with Crippen LogP contribution >= 0.6 is 0 Å². The van der Waals surface area contributed by atoms with Crippen LogP contribution in [-0.4, -0.2) is 25.2 Å². The first kappa shape index (κ1) is 23.2. The van der Waals surface area contributed by atoms with Crippen molar-refractivity contribution in [3.63, 3.8) is 0 Å². The van der Waals surface area contributed by atoms with Gasteiger partial charge >= 0.3 is 11.9 Å². The molecule has 0 aliphatic carbocycles. The molecule has 0 saturated carbocycles. The van der Waals surface area contributed by atoms with Gasteiger partial charge in [0.15, 0.2) is 0 Å². The summed E-state index contributed by atoms with van der Waals surface area (Å²) in [4.78, 5) is 24.3. The second kappa shape index (κ2) is 12.5. The molecule has 1 aromatic carbocycles. The summed E-state index contributed by atoms with van der Waals surface area (Å²) in [6.07, 6.45) is 2.25. The number of esters is 2. The lowest BCUT2D eigenvalue weighted by atomic mass is 9.89. The van der Waals surface area contributed by atoms with Gasteiger partial charge < -0.3 is 9.47 Å². The van der Waals surface area contributed by atoms with Gasteiger partial charge in [-0.1, -0.05) is 65.0 Å². The van der Waals surface area contributed by atoms with Crippen molar-refractivity contribution in [2.75, 3.05) is 13.2 Å². The molecule has 0 fully saturated rings. The Hall–Kier alpha value is -1.84. The lowest BCUT2D eigenvalue weighted by Gasteiger charge is -2.19. The van der Waals surface area contributed by atoms with Gasteiger partial charge in [-0.15, -0.1) is 0 Å². The summed E-state index contributed by atoms with van der Waals surface area (Å²) in [5.74, 6) is 0.501. The molecular weight excluding hydrogens is 340 g/mol.